The molecule has 0 atom stereocenters. The zero-order valence-corrected chi connectivity index (χ0v) is 13.1. The van der Waals surface area contributed by atoms with Crippen LogP contribution in [-0.4, -0.2) is 36.0 Å². The maximum Gasteiger partial charge on any atom is 0.320 e. The van der Waals surface area contributed by atoms with Gasteiger partial charge in [-0.1, -0.05) is 12.8 Å². The minimum absolute atomic E-state index is 0.166. The topological polar surface area (TPSA) is 23.6 Å². The fourth-order valence-corrected chi connectivity index (χ4v) is 3.47. The van der Waals surface area contributed by atoms with Crippen LogP contribution in [0.5, 0.6) is 0 Å². The van der Waals surface area contributed by atoms with E-state index in [9.17, 15) is 4.79 Å². The van der Waals surface area contributed by atoms with E-state index in [1.54, 1.807) is 11.3 Å². The average Bonchev–Trinajstić information content (AvgIpc) is 2.62. The van der Waals surface area contributed by atoms with Crippen molar-refractivity contribution in [2.45, 2.75) is 32.2 Å². The molecule has 3 nitrogen and oxygen atoms in total. The van der Waals surface area contributed by atoms with E-state index in [2.05, 4.69) is 27.4 Å². The highest BCUT2D eigenvalue weighted by molar-refractivity contribution is 9.11. The number of nitrogens with zero attached hydrogens (tertiary/aromatic N) is 2. The molecule has 1 aliphatic heterocycles. The van der Waals surface area contributed by atoms with E-state index in [0.29, 0.717) is 6.54 Å². The van der Waals surface area contributed by atoms with Gasteiger partial charge in [-0.15, -0.1) is 11.3 Å². The highest BCUT2D eigenvalue weighted by Gasteiger charge is 2.19. The molecule has 1 aromatic rings. The number of likely N-dealkylation sites (tertiary alicyclic amines) is 1. The summed E-state index contributed by atoms with van der Waals surface area (Å²) in [4.78, 5) is 16.1. The Kier molecular flexibility index (Phi) is 5.06. The van der Waals surface area contributed by atoms with E-state index in [1.807, 2.05) is 16.8 Å². The van der Waals surface area contributed by atoms with Crippen molar-refractivity contribution in [3.05, 3.63) is 20.8 Å². The molecule has 0 N–H and O–H groups in total. The standard InChI is InChI=1S/C13H19BrN2OS/c1-15(9-11-8-12(14)18-10-11)13(17)16-6-4-2-3-5-7-16/h8,10H,2-7,9H2,1H3. The molecule has 0 bridgehead atoms. The number of amides is 2. The van der Waals surface area contributed by atoms with Crippen LogP contribution in [-0.2, 0) is 6.54 Å². The third-order valence-corrected chi connectivity index (χ3v) is 4.80. The Hall–Kier alpha value is -0.550. The second-order valence-corrected chi connectivity index (χ2v) is 7.09. The summed E-state index contributed by atoms with van der Waals surface area (Å²) in [6, 6.07) is 2.25. The van der Waals surface area contributed by atoms with Gasteiger partial charge < -0.3 is 9.80 Å². The fraction of sp³-hybridized carbons (Fsp3) is 0.615. The summed E-state index contributed by atoms with van der Waals surface area (Å²) < 4.78 is 1.12. The first kappa shape index (κ1) is 13.9. The Morgan fingerprint density at radius 1 is 1.39 bits per heavy atom. The Balaban J connectivity index is 1.91. The van der Waals surface area contributed by atoms with E-state index >= 15 is 0 Å². The van der Waals surface area contributed by atoms with Crippen molar-refractivity contribution in [2.24, 2.45) is 0 Å². The van der Waals surface area contributed by atoms with Gasteiger partial charge in [0.15, 0.2) is 0 Å². The Bertz CT molecular complexity index is 399. The first-order valence-corrected chi connectivity index (χ1v) is 8.07. The van der Waals surface area contributed by atoms with Crippen LogP contribution < -0.4 is 0 Å². The summed E-state index contributed by atoms with van der Waals surface area (Å²) in [6.07, 6.45) is 4.79. The molecule has 1 aliphatic rings. The molecular weight excluding hydrogens is 312 g/mol. The molecule has 0 radical (unpaired) electrons. The monoisotopic (exact) mass is 330 g/mol. The van der Waals surface area contributed by atoms with Crippen LogP contribution in [0.3, 0.4) is 0 Å². The van der Waals surface area contributed by atoms with E-state index < -0.39 is 0 Å². The molecule has 0 aromatic carbocycles. The van der Waals surface area contributed by atoms with Crippen molar-refractivity contribution in [3.8, 4) is 0 Å². The van der Waals surface area contributed by atoms with Crippen molar-refractivity contribution in [1.82, 2.24) is 9.80 Å². The smallest absolute Gasteiger partial charge is 0.320 e. The van der Waals surface area contributed by atoms with Crippen LogP contribution in [0, 0.1) is 0 Å². The van der Waals surface area contributed by atoms with E-state index in [0.717, 1.165) is 29.7 Å². The van der Waals surface area contributed by atoms with Crippen LogP contribution in [0.1, 0.15) is 31.2 Å². The fourth-order valence-electron chi connectivity index (χ4n) is 2.27. The number of hydrogen-bond donors (Lipinski definition) is 0. The first-order chi connectivity index (χ1) is 8.66. The Labute approximate surface area is 121 Å². The summed E-state index contributed by atoms with van der Waals surface area (Å²) in [5, 5.41) is 2.09. The average molecular weight is 331 g/mol. The first-order valence-electron chi connectivity index (χ1n) is 6.40. The molecule has 1 saturated heterocycles. The molecule has 0 spiro atoms. The largest absolute Gasteiger partial charge is 0.325 e. The minimum atomic E-state index is 0.166. The number of thiophene rings is 1. The van der Waals surface area contributed by atoms with Gasteiger partial charge in [-0.3, -0.25) is 0 Å². The van der Waals surface area contributed by atoms with Gasteiger partial charge in [-0.2, -0.15) is 0 Å². The summed E-state index contributed by atoms with van der Waals surface area (Å²) in [6.45, 7) is 2.52. The SMILES string of the molecule is CN(Cc1csc(Br)c1)C(=O)N1CCCCCC1. The van der Waals surface area contributed by atoms with Gasteiger partial charge in [0.1, 0.15) is 0 Å². The van der Waals surface area contributed by atoms with Crippen LogP contribution in [0.15, 0.2) is 15.2 Å². The third kappa shape index (κ3) is 3.72. The van der Waals surface area contributed by atoms with Crippen molar-refractivity contribution in [1.29, 1.82) is 0 Å². The molecule has 0 aliphatic carbocycles. The number of halogens is 1. The summed E-state index contributed by atoms with van der Waals surface area (Å²) in [5.74, 6) is 0. The van der Waals surface area contributed by atoms with E-state index in [4.69, 9.17) is 0 Å². The molecule has 2 amide bonds. The molecule has 1 aromatic heterocycles. The maximum atomic E-state index is 12.3. The summed E-state index contributed by atoms with van der Waals surface area (Å²) >= 11 is 5.11. The second-order valence-electron chi connectivity index (χ2n) is 4.80. The van der Waals surface area contributed by atoms with Gasteiger partial charge in [0.05, 0.1) is 3.79 Å². The lowest BCUT2D eigenvalue weighted by molar-refractivity contribution is 0.162. The Morgan fingerprint density at radius 3 is 2.61 bits per heavy atom. The lowest BCUT2D eigenvalue weighted by Crippen LogP contribution is -2.41. The molecule has 5 heteroatoms. The minimum Gasteiger partial charge on any atom is -0.325 e. The van der Waals surface area contributed by atoms with Crippen LogP contribution in [0.2, 0.25) is 0 Å². The van der Waals surface area contributed by atoms with Crippen molar-refractivity contribution in [3.63, 3.8) is 0 Å². The molecule has 18 heavy (non-hydrogen) atoms. The quantitative estimate of drug-likeness (QED) is 0.805. The van der Waals surface area contributed by atoms with Crippen LogP contribution in [0.4, 0.5) is 4.79 Å². The van der Waals surface area contributed by atoms with E-state index in [1.165, 1.54) is 18.4 Å². The van der Waals surface area contributed by atoms with Gasteiger partial charge in [0.25, 0.3) is 0 Å². The van der Waals surface area contributed by atoms with Gasteiger partial charge in [0.2, 0.25) is 0 Å². The summed E-state index contributed by atoms with van der Waals surface area (Å²) in [7, 11) is 1.89. The van der Waals surface area contributed by atoms with Crippen LogP contribution >= 0.6 is 27.3 Å². The summed E-state index contributed by atoms with van der Waals surface area (Å²) in [5.41, 5.74) is 1.19. The predicted octanol–water partition coefficient (Wildman–Crippen LogP) is 3.94. The lowest BCUT2D eigenvalue weighted by Gasteiger charge is -2.26. The number of rotatable bonds is 2. The predicted molar refractivity (Wildman–Crippen MR) is 78.9 cm³/mol. The van der Waals surface area contributed by atoms with Gasteiger partial charge in [0, 0.05) is 26.7 Å². The van der Waals surface area contributed by atoms with Gasteiger partial charge in [-0.25, -0.2) is 4.79 Å². The zero-order valence-electron chi connectivity index (χ0n) is 10.7. The molecule has 1 fully saturated rings. The number of hydrogen-bond acceptors (Lipinski definition) is 2. The van der Waals surface area contributed by atoms with E-state index in [-0.39, 0.29) is 6.03 Å². The van der Waals surface area contributed by atoms with Crippen molar-refractivity contribution in [2.75, 3.05) is 20.1 Å². The highest BCUT2D eigenvalue weighted by atomic mass is 79.9. The molecule has 0 saturated carbocycles. The Morgan fingerprint density at radius 2 is 2.06 bits per heavy atom. The second kappa shape index (κ2) is 6.57. The zero-order chi connectivity index (χ0) is 13.0. The normalized spacial score (nSPS) is 16.4. The molecular formula is C13H19BrN2OS. The van der Waals surface area contributed by atoms with Gasteiger partial charge in [-0.05, 0) is 45.8 Å². The molecule has 2 rings (SSSR count). The maximum absolute atomic E-state index is 12.3. The molecule has 2 heterocycles. The number of urea groups is 1. The van der Waals surface area contributed by atoms with Crippen LogP contribution in [0.25, 0.3) is 0 Å². The highest BCUT2D eigenvalue weighted by Crippen LogP contribution is 2.22. The van der Waals surface area contributed by atoms with Gasteiger partial charge >= 0.3 is 6.03 Å². The molecule has 100 valence electrons. The molecule has 0 unspecified atom stereocenters. The lowest BCUT2D eigenvalue weighted by atomic mass is 10.2. The number of carbonyl (C=O) groups excluding carboxylic acids is 1. The third-order valence-electron chi connectivity index (χ3n) is 3.24. The van der Waals surface area contributed by atoms with Crippen molar-refractivity contribution >= 4 is 33.3 Å². The van der Waals surface area contributed by atoms with Crippen molar-refractivity contribution < 1.29 is 4.79 Å². The number of carbonyl (C=O) groups is 1.